The van der Waals surface area contributed by atoms with Gasteiger partial charge < -0.3 is 11.1 Å². The minimum atomic E-state index is 0.536. The molecule has 1 heterocycles. The summed E-state index contributed by atoms with van der Waals surface area (Å²) in [5, 5.41) is 3.32. The molecule has 2 aromatic rings. The Labute approximate surface area is 120 Å². The van der Waals surface area contributed by atoms with Crippen molar-refractivity contribution >= 4 is 11.6 Å². The SMILES string of the molecule is CCCc1nc(N)cc(NCCCc2ccccc2)n1. The zero-order valence-electron chi connectivity index (χ0n) is 12.0. The summed E-state index contributed by atoms with van der Waals surface area (Å²) in [5.41, 5.74) is 7.16. The predicted molar refractivity (Wildman–Crippen MR) is 83.7 cm³/mol. The molecule has 0 spiro atoms. The summed E-state index contributed by atoms with van der Waals surface area (Å²) in [6, 6.07) is 12.3. The lowest BCUT2D eigenvalue weighted by molar-refractivity contribution is 0.826. The summed E-state index contributed by atoms with van der Waals surface area (Å²) >= 11 is 0. The number of hydrogen-bond donors (Lipinski definition) is 2. The molecule has 0 saturated carbocycles. The first-order valence-electron chi connectivity index (χ1n) is 7.19. The molecule has 0 atom stereocenters. The first-order valence-corrected chi connectivity index (χ1v) is 7.19. The molecule has 20 heavy (non-hydrogen) atoms. The van der Waals surface area contributed by atoms with Crippen molar-refractivity contribution in [1.82, 2.24) is 9.97 Å². The van der Waals surface area contributed by atoms with E-state index in [1.165, 1.54) is 5.56 Å². The first-order chi connectivity index (χ1) is 9.78. The zero-order valence-corrected chi connectivity index (χ0v) is 12.0. The van der Waals surface area contributed by atoms with Crippen molar-refractivity contribution in [3.63, 3.8) is 0 Å². The zero-order chi connectivity index (χ0) is 14.2. The lowest BCUT2D eigenvalue weighted by Crippen LogP contribution is -2.08. The van der Waals surface area contributed by atoms with E-state index in [1.54, 1.807) is 6.07 Å². The average molecular weight is 270 g/mol. The summed E-state index contributed by atoms with van der Waals surface area (Å²) < 4.78 is 0. The van der Waals surface area contributed by atoms with E-state index in [4.69, 9.17) is 5.73 Å². The third kappa shape index (κ3) is 4.53. The molecule has 0 aliphatic heterocycles. The van der Waals surface area contributed by atoms with Crippen LogP contribution in [0.15, 0.2) is 36.4 Å². The second-order valence-corrected chi connectivity index (χ2v) is 4.86. The molecule has 0 aliphatic carbocycles. The molecular formula is C16H22N4. The molecule has 3 N–H and O–H groups in total. The minimum Gasteiger partial charge on any atom is -0.384 e. The van der Waals surface area contributed by atoms with Gasteiger partial charge in [0.2, 0.25) is 0 Å². The van der Waals surface area contributed by atoms with E-state index in [1.807, 2.05) is 6.07 Å². The van der Waals surface area contributed by atoms with Gasteiger partial charge in [-0.3, -0.25) is 0 Å². The smallest absolute Gasteiger partial charge is 0.133 e. The molecular weight excluding hydrogens is 248 g/mol. The van der Waals surface area contributed by atoms with Gasteiger partial charge in [-0.05, 0) is 24.8 Å². The summed E-state index contributed by atoms with van der Waals surface area (Å²) in [5.74, 6) is 2.18. The first kappa shape index (κ1) is 14.3. The highest BCUT2D eigenvalue weighted by atomic mass is 15.0. The highest BCUT2D eigenvalue weighted by Crippen LogP contribution is 2.10. The highest BCUT2D eigenvalue weighted by molar-refractivity contribution is 5.44. The van der Waals surface area contributed by atoms with Crippen LogP contribution < -0.4 is 11.1 Å². The Balaban J connectivity index is 1.81. The maximum atomic E-state index is 5.79. The highest BCUT2D eigenvalue weighted by Gasteiger charge is 2.01. The lowest BCUT2D eigenvalue weighted by atomic mass is 10.1. The molecule has 0 bridgehead atoms. The fourth-order valence-electron chi connectivity index (χ4n) is 2.10. The Morgan fingerprint density at radius 3 is 2.65 bits per heavy atom. The number of anilines is 2. The Morgan fingerprint density at radius 1 is 1.10 bits per heavy atom. The van der Waals surface area contributed by atoms with E-state index < -0.39 is 0 Å². The van der Waals surface area contributed by atoms with Crippen LogP contribution in [-0.4, -0.2) is 16.5 Å². The van der Waals surface area contributed by atoms with Gasteiger partial charge in [0, 0.05) is 19.0 Å². The number of rotatable bonds is 7. The molecule has 0 fully saturated rings. The summed E-state index contributed by atoms with van der Waals surface area (Å²) in [4.78, 5) is 8.69. The average Bonchev–Trinajstić information content (AvgIpc) is 2.45. The van der Waals surface area contributed by atoms with E-state index >= 15 is 0 Å². The van der Waals surface area contributed by atoms with Crippen LogP contribution in [0.3, 0.4) is 0 Å². The van der Waals surface area contributed by atoms with Crippen molar-refractivity contribution in [2.45, 2.75) is 32.6 Å². The van der Waals surface area contributed by atoms with Crippen molar-refractivity contribution < 1.29 is 0 Å². The van der Waals surface area contributed by atoms with E-state index in [0.717, 1.165) is 43.9 Å². The van der Waals surface area contributed by atoms with Crippen LogP contribution >= 0.6 is 0 Å². The number of hydrogen-bond acceptors (Lipinski definition) is 4. The molecule has 0 saturated heterocycles. The van der Waals surface area contributed by atoms with Gasteiger partial charge in [0.1, 0.15) is 17.5 Å². The second-order valence-electron chi connectivity index (χ2n) is 4.86. The van der Waals surface area contributed by atoms with Crippen molar-refractivity contribution in [2.75, 3.05) is 17.6 Å². The van der Waals surface area contributed by atoms with Crippen LogP contribution in [0.25, 0.3) is 0 Å². The fraction of sp³-hybridized carbons (Fsp3) is 0.375. The maximum Gasteiger partial charge on any atom is 0.133 e. The monoisotopic (exact) mass is 270 g/mol. The quantitative estimate of drug-likeness (QED) is 0.759. The van der Waals surface area contributed by atoms with E-state index in [9.17, 15) is 0 Å². The topological polar surface area (TPSA) is 63.8 Å². The molecule has 0 aliphatic rings. The van der Waals surface area contributed by atoms with Gasteiger partial charge in [-0.25, -0.2) is 9.97 Å². The third-order valence-corrected chi connectivity index (χ3v) is 3.06. The van der Waals surface area contributed by atoms with Crippen LogP contribution in [0.5, 0.6) is 0 Å². The summed E-state index contributed by atoms with van der Waals surface area (Å²) in [6.07, 6.45) is 4.02. The van der Waals surface area contributed by atoms with Gasteiger partial charge in [-0.15, -0.1) is 0 Å². The Kier molecular flexibility index (Phi) is 5.35. The normalized spacial score (nSPS) is 10.4. The standard InChI is InChI=1S/C16H22N4/c1-2-7-15-19-14(17)12-16(20-15)18-11-6-10-13-8-4-3-5-9-13/h3-5,8-9,12H,2,6-7,10-11H2,1H3,(H3,17,18,19,20). The number of nitrogens with one attached hydrogen (secondary N) is 1. The number of nitrogens with two attached hydrogens (primary N) is 1. The van der Waals surface area contributed by atoms with E-state index in [-0.39, 0.29) is 0 Å². The molecule has 106 valence electrons. The van der Waals surface area contributed by atoms with Crippen molar-refractivity contribution in [3.05, 3.63) is 47.8 Å². The van der Waals surface area contributed by atoms with Gasteiger partial charge in [0.05, 0.1) is 0 Å². The summed E-state index contributed by atoms with van der Waals surface area (Å²) in [7, 11) is 0. The fourth-order valence-corrected chi connectivity index (χ4v) is 2.10. The van der Waals surface area contributed by atoms with Crippen LogP contribution in [0.2, 0.25) is 0 Å². The number of benzene rings is 1. The predicted octanol–water partition coefficient (Wildman–Crippen LogP) is 3.06. The van der Waals surface area contributed by atoms with E-state index in [2.05, 4.69) is 46.5 Å². The van der Waals surface area contributed by atoms with Gasteiger partial charge >= 0.3 is 0 Å². The maximum absolute atomic E-state index is 5.79. The van der Waals surface area contributed by atoms with Gasteiger partial charge in [0.25, 0.3) is 0 Å². The Hall–Kier alpha value is -2.10. The molecule has 0 amide bonds. The van der Waals surface area contributed by atoms with Crippen molar-refractivity contribution in [3.8, 4) is 0 Å². The van der Waals surface area contributed by atoms with Crippen LogP contribution in [0, 0.1) is 0 Å². The number of nitrogen functional groups attached to an aromatic ring is 1. The van der Waals surface area contributed by atoms with Crippen LogP contribution in [0.4, 0.5) is 11.6 Å². The summed E-state index contributed by atoms with van der Waals surface area (Å²) in [6.45, 7) is 3.00. The molecule has 4 heteroatoms. The largest absolute Gasteiger partial charge is 0.384 e. The van der Waals surface area contributed by atoms with Gasteiger partial charge in [0.15, 0.2) is 0 Å². The van der Waals surface area contributed by atoms with Crippen LogP contribution in [0.1, 0.15) is 31.2 Å². The van der Waals surface area contributed by atoms with E-state index in [0.29, 0.717) is 5.82 Å². The molecule has 0 unspecified atom stereocenters. The lowest BCUT2D eigenvalue weighted by Gasteiger charge is -2.08. The third-order valence-electron chi connectivity index (χ3n) is 3.06. The molecule has 0 radical (unpaired) electrons. The van der Waals surface area contributed by atoms with Crippen molar-refractivity contribution in [2.24, 2.45) is 0 Å². The van der Waals surface area contributed by atoms with Crippen LogP contribution in [-0.2, 0) is 12.8 Å². The number of aromatic nitrogens is 2. The van der Waals surface area contributed by atoms with Gasteiger partial charge in [-0.1, -0.05) is 37.3 Å². The Morgan fingerprint density at radius 2 is 1.90 bits per heavy atom. The number of aryl methyl sites for hydroxylation is 2. The molecule has 1 aromatic heterocycles. The number of nitrogens with zero attached hydrogens (tertiary/aromatic N) is 2. The molecule has 1 aromatic carbocycles. The van der Waals surface area contributed by atoms with Gasteiger partial charge in [-0.2, -0.15) is 0 Å². The second kappa shape index (κ2) is 7.48. The molecule has 4 nitrogen and oxygen atoms in total. The van der Waals surface area contributed by atoms with Crippen molar-refractivity contribution in [1.29, 1.82) is 0 Å². The minimum absolute atomic E-state index is 0.536. The molecule has 2 rings (SSSR count). The Bertz CT molecular complexity index is 525.